The average molecular weight is 265 g/mol. The predicted molar refractivity (Wildman–Crippen MR) is 75.6 cm³/mol. The molecule has 5 heteroatoms. The highest BCUT2D eigenvalue weighted by atomic mass is 16.6. The van der Waals surface area contributed by atoms with E-state index in [1.807, 2.05) is 12.1 Å². The van der Waals surface area contributed by atoms with E-state index in [2.05, 4.69) is 15.3 Å². The van der Waals surface area contributed by atoms with Crippen molar-refractivity contribution < 1.29 is 9.53 Å². The molecule has 2 aromatic heterocycles. The standard InChI is InChI=1S/C15H11N3O2/c19-15(20-11-5-2-1-3-6-11)18-14-9-8-12-13(17-14)7-4-10-16-12/h1-10H,(H,17,18,19). The number of fused-ring (bicyclic) bond motifs is 1. The number of carbonyl (C=O) groups excluding carboxylic acids is 1. The third kappa shape index (κ3) is 2.72. The summed E-state index contributed by atoms with van der Waals surface area (Å²) >= 11 is 0. The molecule has 20 heavy (non-hydrogen) atoms. The first-order valence-corrected chi connectivity index (χ1v) is 6.07. The first-order valence-electron chi connectivity index (χ1n) is 6.07. The molecule has 3 rings (SSSR count). The quantitative estimate of drug-likeness (QED) is 0.772. The number of amides is 1. The van der Waals surface area contributed by atoms with Gasteiger partial charge in [-0.05, 0) is 36.4 Å². The van der Waals surface area contributed by atoms with Crippen LogP contribution in [0.3, 0.4) is 0 Å². The Morgan fingerprint density at radius 2 is 1.80 bits per heavy atom. The van der Waals surface area contributed by atoms with E-state index >= 15 is 0 Å². The van der Waals surface area contributed by atoms with Crippen LogP contribution in [0.25, 0.3) is 11.0 Å². The number of nitrogens with one attached hydrogen (secondary N) is 1. The monoisotopic (exact) mass is 265 g/mol. The second-order valence-electron chi connectivity index (χ2n) is 4.07. The third-order valence-corrected chi connectivity index (χ3v) is 2.64. The molecule has 0 fully saturated rings. The average Bonchev–Trinajstić information content (AvgIpc) is 2.48. The fourth-order valence-electron chi connectivity index (χ4n) is 1.75. The minimum Gasteiger partial charge on any atom is -0.410 e. The van der Waals surface area contributed by atoms with Crippen LogP contribution in [-0.2, 0) is 0 Å². The fourth-order valence-corrected chi connectivity index (χ4v) is 1.75. The molecule has 98 valence electrons. The highest BCUT2D eigenvalue weighted by Gasteiger charge is 2.06. The Balaban J connectivity index is 1.74. The molecule has 0 aliphatic carbocycles. The number of anilines is 1. The lowest BCUT2D eigenvalue weighted by molar-refractivity contribution is 0.215. The number of pyridine rings is 2. The topological polar surface area (TPSA) is 64.1 Å². The molecule has 1 aromatic carbocycles. The summed E-state index contributed by atoms with van der Waals surface area (Å²) in [6, 6.07) is 15.9. The van der Waals surface area contributed by atoms with E-state index in [1.54, 1.807) is 48.7 Å². The Hall–Kier alpha value is -2.95. The molecule has 0 bridgehead atoms. The maximum absolute atomic E-state index is 11.7. The number of nitrogens with zero attached hydrogens (tertiary/aromatic N) is 2. The van der Waals surface area contributed by atoms with Crippen LogP contribution < -0.4 is 10.1 Å². The number of aromatic nitrogens is 2. The molecule has 5 nitrogen and oxygen atoms in total. The summed E-state index contributed by atoms with van der Waals surface area (Å²) in [5.74, 6) is 0.902. The summed E-state index contributed by atoms with van der Waals surface area (Å²) in [6.45, 7) is 0. The number of ether oxygens (including phenoxy) is 1. The van der Waals surface area contributed by atoms with Gasteiger partial charge in [0.15, 0.2) is 0 Å². The van der Waals surface area contributed by atoms with E-state index in [0.717, 1.165) is 5.52 Å². The summed E-state index contributed by atoms with van der Waals surface area (Å²) in [7, 11) is 0. The Bertz CT molecular complexity index is 744. The molecule has 0 aliphatic heterocycles. The van der Waals surface area contributed by atoms with Crippen molar-refractivity contribution in [1.82, 2.24) is 9.97 Å². The minimum atomic E-state index is -0.577. The molecular formula is C15H11N3O2. The van der Waals surface area contributed by atoms with Crippen LogP contribution in [0.4, 0.5) is 10.6 Å². The summed E-state index contributed by atoms with van der Waals surface area (Å²) in [4.78, 5) is 20.2. The van der Waals surface area contributed by atoms with E-state index in [4.69, 9.17) is 4.74 Å². The van der Waals surface area contributed by atoms with Crippen molar-refractivity contribution in [2.75, 3.05) is 5.32 Å². The van der Waals surface area contributed by atoms with Gasteiger partial charge in [-0.25, -0.2) is 9.78 Å². The lowest BCUT2D eigenvalue weighted by atomic mass is 10.3. The molecule has 1 N–H and O–H groups in total. The van der Waals surface area contributed by atoms with E-state index in [9.17, 15) is 4.79 Å². The number of hydrogen-bond donors (Lipinski definition) is 1. The summed E-state index contributed by atoms with van der Waals surface area (Å²) in [6.07, 6.45) is 1.12. The number of carbonyl (C=O) groups is 1. The summed E-state index contributed by atoms with van der Waals surface area (Å²) in [5.41, 5.74) is 1.49. The molecule has 0 spiro atoms. The number of para-hydroxylation sites is 1. The molecular weight excluding hydrogens is 254 g/mol. The Morgan fingerprint density at radius 1 is 0.950 bits per heavy atom. The van der Waals surface area contributed by atoms with Crippen LogP contribution in [-0.4, -0.2) is 16.1 Å². The lowest BCUT2D eigenvalue weighted by Gasteiger charge is -2.06. The number of rotatable bonds is 2. The second kappa shape index (κ2) is 5.36. The smallest absolute Gasteiger partial charge is 0.410 e. The van der Waals surface area contributed by atoms with Gasteiger partial charge >= 0.3 is 6.09 Å². The van der Waals surface area contributed by atoms with Crippen LogP contribution in [0.1, 0.15) is 0 Å². The van der Waals surface area contributed by atoms with Gasteiger partial charge in [0.1, 0.15) is 11.6 Å². The first kappa shape index (κ1) is 12.1. The van der Waals surface area contributed by atoms with Crippen LogP contribution in [0.15, 0.2) is 60.8 Å². The molecule has 0 unspecified atom stereocenters. The maximum Gasteiger partial charge on any atom is 0.418 e. The third-order valence-electron chi connectivity index (χ3n) is 2.64. The highest BCUT2D eigenvalue weighted by molar-refractivity contribution is 5.87. The highest BCUT2D eigenvalue weighted by Crippen LogP contribution is 2.13. The van der Waals surface area contributed by atoms with Crippen molar-refractivity contribution in [2.45, 2.75) is 0 Å². The van der Waals surface area contributed by atoms with Gasteiger partial charge in [0.2, 0.25) is 0 Å². The van der Waals surface area contributed by atoms with Crippen molar-refractivity contribution in [1.29, 1.82) is 0 Å². The Labute approximate surface area is 115 Å². The number of benzene rings is 1. The Morgan fingerprint density at radius 3 is 2.65 bits per heavy atom. The molecule has 1 amide bonds. The number of hydrogen-bond acceptors (Lipinski definition) is 4. The minimum absolute atomic E-state index is 0.423. The van der Waals surface area contributed by atoms with Crippen molar-refractivity contribution >= 4 is 22.9 Å². The van der Waals surface area contributed by atoms with E-state index in [0.29, 0.717) is 17.1 Å². The molecule has 0 atom stereocenters. The van der Waals surface area contributed by atoms with Gasteiger partial charge in [-0.3, -0.25) is 10.3 Å². The Kier molecular flexibility index (Phi) is 3.24. The summed E-state index contributed by atoms with van der Waals surface area (Å²) < 4.78 is 5.12. The van der Waals surface area contributed by atoms with Gasteiger partial charge in [-0.15, -0.1) is 0 Å². The molecule has 0 saturated carbocycles. The molecule has 0 aliphatic rings. The van der Waals surface area contributed by atoms with Crippen LogP contribution >= 0.6 is 0 Å². The van der Waals surface area contributed by atoms with E-state index < -0.39 is 6.09 Å². The predicted octanol–water partition coefficient (Wildman–Crippen LogP) is 3.24. The van der Waals surface area contributed by atoms with Gasteiger partial charge in [-0.1, -0.05) is 18.2 Å². The van der Waals surface area contributed by atoms with Crippen LogP contribution in [0.2, 0.25) is 0 Å². The second-order valence-corrected chi connectivity index (χ2v) is 4.07. The van der Waals surface area contributed by atoms with Crippen molar-refractivity contribution in [3.8, 4) is 5.75 Å². The van der Waals surface area contributed by atoms with E-state index in [-0.39, 0.29) is 0 Å². The van der Waals surface area contributed by atoms with Crippen molar-refractivity contribution in [3.63, 3.8) is 0 Å². The van der Waals surface area contributed by atoms with Crippen molar-refractivity contribution in [3.05, 3.63) is 60.8 Å². The largest absolute Gasteiger partial charge is 0.418 e. The SMILES string of the molecule is O=C(Nc1ccc2ncccc2n1)Oc1ccccc1. The zero-order chi connectivity index (χ0) is 13.8. The molecule has 3 aromatic rings. The zero-order valence-corrected chi connectivity index (χ0v) is 10.5. The van der Waals surface area contributed by atoms with E-state index in [1.165, 1.54) is 0 Å². The summed E-state index contributed by atoms with van der Waals surface area (Å²) in [5, 5.41) is 2.58. The van der Waals surface area contributed by atoms with Crippen molar-refractivity contribution in [2.24, 2.45) is 0 Å². The fraction of sp³-hybridized carbons (Fsp3) is 0. The van der Waals surface area contributed by atoms with Crippen LogP contribution in [0.5, 0.6) is 5.75 Å². The van der Waals surface area contributed by atoms with Gasteiger partial charge in [-0.2, -0.15) is 0 Å². The molecule has 0 radical (unpaired) electrons. The normalized spacial score (nSPS) is 10.2. The van der Waals surface area contributed by atoms with Gasteiger partial charge < -0.3 is 4.74 Å². The van der Waals surface area contributed by atoms with Gasteiger partial charge in [0.05, 0.1) is 11.0 Å². The van der Waals surface area contributed by atoms with Crippen LogP contribution in [0, 0.1) is 0 Å². The van der Waals surface area contributed by atoms with Gasteiger partial charge in [0, 0.05) is 6.20 Å². The molecule has 0 saturated heterocycles. The molecule has 2 heterocycles. The maximum atomic E-state index is 11.7. The van der Waals surface area contributed by atoms with Gasteiger partial charge in [0.25, 0.3) is 0 Å². The zero-order valence-electron chi connectivity index (χ0n) is 10.5. The lowest BCUT2D eigenvalue weighted by Crippen LogP contribution is -2.17. The first-order chi connectivity index (χ1) is 9.81.